The third kappa shape index (κ3) is 6.15. The summed E-state index contributed by atoms with van der Waals surface area (Å²) in [5.74, 6) is 1.39. The van der Waals surface area contributed by atoms with Crippen LogP contribution in [0, 0.1) is 6.92 Å². The first-order valence-corrected chi connectivity index (χ1v) is 14.1. The number of aryl methyl sites for hydroxylation is 2. The largest absolute Gasteiger partial charge is 0.494 e. The van der Waals surface area contributed by atoms with Crippen molar-refractivity contribution in [2.75, 3.05) is 23.8 Å². The van der Waals surface area contributed by atoms with E-state index < -0.39 is 0 Å². The third-order valence-corrected chi connectivity index (χ3v) is 7.44. The summed E-state index contributed by atoms with van der Waals surface area (Å²) in [5, 5.41) is 12.3. The Kier molecular flexibility index (Phi) is 8.27. The fourth-order valence-electron chi connectivity index (χ4n) is 4.67. The zero-order valence-electron chi connectivity index (χ0n) is 22.1. The minimum atomic E-state index is -0.187. The van der Waals surface area contributed by atoms with Crippen LogP contribution in [0.25, 0.3) is 5.69 Å². The van der Waals surface area contributed by atoms with Crippen molar-refractivity contribution in [1.82, 2.24) is 20.1 Å². The summed E-state index contributed by atoms with van der Waals surface area (Å²) in [5.41, 5.74) is 4.61. The minimum Gasteiger partial charge on any atom is -0.494 e. The molecule has 39 heavy (non-hydrogen) atoms. The van der Waals surface area contributed by atoms with Crippen molar-refractivity contribution in [3.8, 4) is 11.4 Å². The fourth-order valence-corrected chi connectivity index (χ4v) is 5.52. The van der Waals surface area contributed by atoms with Gasteiger partial charge in [-0.15, -0.1) is 10.2 Å². The lowest BCUT2D eigenvalue weighted by Gasteiger charge is -2.29. The average Bonchev–Trinajstić information content (AvgIpc) is 3.37. The molecule has 9 heteroatoms. The van der Waals surface area contributed by atoms with Gasteiger partial charge in [0, 0.05) is 23.5 Å². The van der Waals surface area contributed by atoms with Crippen LogP contribution >= 0.6 is 11.8 Å². The Labute approximate surface area is 232 Å². The first-order valence-electron chi connectivity index (χ1n) is 13.1. The predicted octanol–water partition coefficient (Wildman–Crippen LogP) is 4.98. The van der Waals surface area contributed by atoms with Crippen LogP contribution in [-0.4, -0.2) is 45.5 Å². The maximum atomic E-state index is 13.3. The van der Waals surface area contributed by atoms with Crippen LogP contribution in [0.1, 0.15) is 40.7 Å². The van der Waals surface area contributed by atoms with Crippen molar-refractivity contribution in [1.29, 1.82) is 0 Å². The Morgan fingerprint density at radius 2 is 1.85 bits per heavy atom. The molecule has 0 saturated carbocycles. The number of nitrogens with zero attached hydrogens (tertiary/aromatic N) is 4. The molecule has 3 aromatic carbocycles. The van der Waals surface area contributed by atoms with E-state index in [-0.39, 0.29) is 24.1 Å². The van der Waals surface area contributed by atoms with Crippen molar-refractivity contribution in [3.63, 3.8) is 0 Å². The van der Waals surface area contributed by atoms with E-state index in [1.54, 1.807) is 6.07 Å². The van der Waals surface area contributed by atoms with Crippen molar-refractivity contribution >= 4 is 29.3 Å². The number of anilines is 1. The second kappa shape index (κ2) is 12.2. The second-order valence-electron chi connectivity index (χ2n) is 9.28. The molecule has 2 heterocycles. The lowest BCUT2D eigenvalue weighted by Crippen LogP contribution is -2.36. The SMILES string of the molecule is CCOc1ccc(-n2c(CNC(=O)c3cccc(C)c3)nnc2SCC(=O)N2CCCc3ccccc32)cc1. The highest BCUT2D eigenvalue weighted by atomic mass is 32.2. The molecule has 200 valence electrons. The number of benzene rings is 3. The number of carbonyl (C=O) groups is 2. The molecule has 1 N–H and O–H groups in total. The first kappa shape index (κ1) is 26.5. The highest BCUT2D eigenvalue weighted by Gasteiger charge is 2.24. The summed E-state index contributed by atoms with van der Waals surface area (Å²) in [6, 6.07) is 23.1. The molecular weight excluding hydrogens is 510 g/mol. The van der Waals surface area contributed by atoms with Crippen molar-refractivity contribution in [2.24, 2.45) is 0 Å². The number of aromatic nitrogens is 3. The molecule has 0 fully saturated rings. The summed E-state index contributed by atoms with van der Waals surface area (Å²) in [6.45, 7) is 5.35. The van der Waals surface area contributed by atoms with Crippen LogP contribution in [0.2, 0.25) is 0 Å². The van der Waals surface area contributed by atoms with Crippen molar-refractivity contribution < 1.29 is 14.3 Å². The van der Waals surface area contributed by atoms with Crippen molar-refractivity contribution in [3.05, 3.63) is 95.3 Å². The summed E-state index contributed by atoms with van der Waals surface area (Å²) >= 11 is 1.34. The van der Waals surface area contributed by atoms with Gasteiger partial charge in [-0.05, 0) is 74.7 Å². The van der Waals surface area contributed by atoms with Gasteiger partial charge in [-0.2, -0.15) is 0 Å². The Morgan fingerprint density at radius 3 is 2.64 bits per heavy atom. The number of hydrogen-bond acceptors (Lipinski definition) is 6. The Morgan fingerprint density at radius 1 is 1.03 bits per heavy atom. The number of ether oxygens (including phenoxy) is 1. The molecule has 0 aliphatic carbocycles. The summed E-state index contributed by atoms with van der Waals surface area (Å²) in [4.78, 5) is 27.9. The van der Waals surface area contributed by atoms with Crippen LogP contribution in [0.4, 0.5) is 5.69 Å². The van der Waals surface area contributed by atoms with Gasteiger partial charge in [-0.3, -0.25) is 14.2 Å². The van der Waals surface area contributed by atoms with Gasteiger partial charge in [0.2, 0.25) is 5.91 Å². The van der Waals surface area contributed by atoms with Gasteiger partial charge in [0.05, 0.1) is 18.9 Å². The lowest BCUT2D eigenvalue weighted by atomic mass is 10.0. The number of carbonyl (C=O) groups excluding carboxylic acids is 2. The summed E-state index contributed by atoms with van der Waals surface area (Å²) in [7, 11) is 0. The Balaban J connectivity index is 1.36. The van der Waals surface area contributed by atoms with E-state index in [0.717, 1.165) is 35.5 Å². The van der Waals surface area contributed by atoms with E-state index >= 15 is 0 Å². The predicted molar refractivity (Wildman–Crippen MR) is 153 cm³/mol. The molecule has 4 aromatic rings. The van der Waals surface area contributed by atoms with Gasteiger partial charge < -0.3 is 15.0 Å². The van der Waals surface area contributed by atoms with Gasteiger partial charge in [0.15, 0.2) is 11.0 Å². The normalized spacial score (nSPS) is 12.6. The highest BCUT2D eigenvalue weighted by Crippen LogP contribution is 2.29. The molecule has 8 nitrogen and oxygen atoms in total. The molecule has 0 unspecified atom stereocenters. The molecule has 0 saturated heterocycles. The fraction of sp³-hybridized carbons (Fsp3) is 0.267. The molecule has 5 rings (SSSR count). The standard InChI is InChI=1S/C30H31N5O3S/c1-3-38-25-15-13-24(14-16-25)35-27(19-31-29(37)23-10-6-8-21(2)18-23)32-33-30(35)39-20-28(36)34-17-7-11-22-9-4-5-12-26(22)34/h4-6,8-10,12-16,18H,3,7,11,17,19-20H2,1-2H3,(H,31,37). The number of fused-ring (bicyclic) bond motifs is 1. The van der Waals surface area contributed by atoms with Crippen LogP contribution in [0.15, 0.2) is 78.0 Å². The molecule has 0 atom stereocenters. The number of amides is 2. The zero-order chi connectivity index (χ0) is 27.2. The molecule has 0 bridgehead atoms. The van der Waals surface area contributed by atoms with E-state index in [4.69, 9.17) is 4.74 Å². The highest BCUT2D eigenvalue weighted by molar-refractivity contribution is 7.99. The topological polar surface area (TPSA) is 89.3 Å². The monoisotopic (exact) mass is 541 g/mol. The van der Waals surface area contributed by atoms with Crippen LogP contribution in [-0.2, 0) is 17.8 Å². The maximum absolute atomic E-state index is 13.3. The quantitative estimate of drug-likeness (QED) is 0.301. The van der Waals surface area contributed by atoms with E-state index in [9.17, 15) is 9.59 Å². The molecule has 0 radical (unpaired) electrons. The van der Waals surface area contributed by atoms with E-state index in [0.29, 0.717) is 29.7 Å². The smallest absolute Gasteiger partial charge is 0.251 e. The molecule has 1 aromatic heterocycles. The van der Waals surface area contributed by atoms with Crippen LogP contribution in [0.3, 0.4) is 0 Å². The molecule has 1 aliphatic rings. The molecule has 1 aliphatic heterocycles. The Bertz CT molecular complexity index is 1470. The van der Waals surface area contributed by atoms with Gasteiger partial charge in [0.25, 0.3) is 5.91 Å². The van der Waals surface area contributed by atoms with Gasteiger partial charge in [0.1, 0.15) is 5.75 Å². The minimum absolute atomic E-state index is 0.0303. The average molecular weight is 542 g/mol. The molecular formula is C30H31N5O3S. The van der Waals surface area contributed by atoms with Gasteiger partial charge >= 0.3 is 0 Å². The zero-order valence-corrected chi connectivity index (χ0v) is 22.9. The number of thioether (sulfide) groups is 1. The molecule has 2 amide bonds. The van der Waals surface area contributed by atoms with Crippen molar-refractivity contribution in [2.45, 2.75) is 38.4 Å². The van der Waals surface area contributed by atoms with Crippen LogP contribution in [0.5, 0.6) is 5.75 Å². The maximum Gasteiger partial charge on any atom is 0.251 e. The second-order valence-corrected chi connectivity index (χ2v) is 10.2. The molecule has 0 spiro atoms. The number of nitrogens with one attached hydrogen (secondary N) is 1. The number of rotatable bonds is 9. The van der Waals surface area contributed by atoms with E-state index in [1.165, 1.54) is 17.3 Å². The van der Waals surface area contributed by atoms with E-state index in [1.807, 2.05) is 84.0 Å². The number of para-hydroxylation sites is 1. The van der Waals surface area contributed by atoms with Gasteiger partial charge in [-0.25, -0.2) is 0 Å². The summed E-state index contributed by atoms with van der Waals surface area (Å²) < 4.78 is 7.48. The van der Waals surface area contributed by atoms with E-state index in [2.05, 4.69) is 21.6 Å². The number of hydrogen-bond donors (Lipinski definition) is 1. The van der Waals surface area contributed by atoms with Gasteiger partial charge in [-0.1, -0.05) is 47.7 Å². The third-order valence-electron chi connectivity index (χ3n) is 6.53. The lowest BCUT2D eigenvalue weighted by molar-refractivity contribution is -0.116. The first-order chi connectivity index (χ1) is 19.0. The summed E-state index contributed by atoms with van der Waals surface area (Å²) in [6.07, 6.45) is 1.93. The Hall–Kier alpha value is -4.11. The van der Waals surface area contributed by atoms with Crippen LogP contribution < -0.4 is 15.0 Å².